The van der Waals surface area contributed by atoms with Gasteiger partial charge in [0.1, 0.15) is 22.9 Å². The van der Waals surface area contributed by atoms with Gasteiger partial charge in [0, 0.05) is 25.6 Å². The molecule has 2 aliphatic heterocycles. The van der Waals surface area contributed by atoms with Crippen LogP contribution in [0.15, 0.2) is 48.7 Å². The van der Waals surface area contributed by atoms with Crippen molar-refractivity contribution >= 4 is 35.2 Å². The van der Waals surface area contributed by atoms with Gasteiger partial charge in [0.25, 0.3) is 0 Å². The Morgan fingerprint density at radius 1 is 0.844 bits per heavy atom. The lowest BCUT2D eigenvalue weighted by molar-refractivity contribution is 0.0291. The van der Waals surface area contributed by atoms with Crippen LogP contribution in [-0.2, 0) is 9.47 Å². The monoisotopic (exact) mass is 630 g/mol. The summed E-state index contributed by atoms with van der Waals surface area (Å²) in [4.78, 5) is 43.4. The molecule has 0 bridgehead atoms. The summed E-state index contributed by atoms with van der Waals surface area (Å²) in [6.45, 7) is 13.2. The molecule has 0 saturated carbocycles. The number of fused-ring (bicyclic) bond motifs is 1. The fourth-order valence-electron chi connectivity index (χ4n) is 5.68. The third kappa shape index (κ3) is 7.30. The van der Waals surface area contributed by atoms with E-state index < -0.39 is 11.2 Å². The number of hydrogen-bond donors (Lipinski definition) is 2. The maximum atomic E-state index is 12.6. The first-order valence-corrected chi connectivity index (χ1v) is 16.5. The number of imidazole rings is 2. The van der Waals surface area contributed by atoms with Gasteiger partial charge in [-0.3, -0.25) is 4.31 Å². The molecule has 2 saturated heterocycles. The summed E-state index contributed by atoms with van der Waals surface area (Å²) in [6.07, 6.45) is 3.99. The first-order valence-electron chi connectivity index (χ1n) is 15.6. The second-order valence-corrected chi connectivity index (χ2v) is 15.1. The number of ether oxygens (including phenoxy) is 2. The summed E-state index contributed by atoms with van der Waals surface area (Å²) < 4.78 is 12.8. The zero-order chi connectivity index (χ0) is 31.9. The Kier molecular flexibility index (Phi) is 8.32. The van der Waals surface area contributed by atoms with Crippen LogP contribution in [0.3, 0.4) is 0 Å². The smallest absolute Gasteiger partial charge is 0.420 e. The predicted octanol–water partition coefficient (Wildman–Crippen LogP) is 8.06. The molecule has 238 valence electrons. The SMILES string of the molecule is CC(C)(C)OC(=O)N1CCC(c2nc3ccc(-c4ccc(-c5cnc([C@@H]6CCCN(C(=O)OC(C)(C)C)S6)[nH]5)cc4)cc3[nH]2)C1. The van der Waals surface area contributed by atoms with Crippen molar-refractivity contribution in [3.05, 3.63) is 60.3 Å². The van der Waals surface area contributed by atoms with Crippen molar-refractivity contribution < 1.29 is 19.1 Å². The van der Waals surface area contributed by atoms with Crippen molar-refractivity contribution in [3.63, 3.8) is 0 Å². The number of aromatic nitrogens is 4. The van der Waals surface area contributed by atoms with Crippen molar-refractivity contribution in [1.82, 2.24) is 29.1 Å². The molecule has 2 fully saturated rings. The van der Waals surface area contributed by atoms with Crippen molar-refractivity contribution in [2.24, 2.45) is 0 Å². The molecule has 2 aliphatic rings. The molecule has 2 amide bonds. The van der Waals surface area contributed by atoms with Crippen LogP contribution in [0.4, 0.5) is 9.59 Å². The van der Waals surface area contributed by atoms with Crippen molar-refractivity contribution in [2.45, 2.75) is 83.2 Å². The number of nitrogens with one attached hydrogen (secondary N) is 2. The van der Waals surface area contributed by atoms with E-state index in [1.807, 2.05) is 53.8 Å². The topological polar surface area (TPSA) is 116 Å². The number of benzene rings is 2. The number of hydrogen-bond acceptors (Lipinski definition) is 7. The van der Waals surface area contributed by atoms with Crippen LogP contribution in [0.2, 0.25) is 0 Å². The predicted molar refractivity (Wildman–Crippen MR) is 177 cm³/mol. The highest BCUT2D eigenvalue weighted by molar-refractivity contribution is 7.97. The maximum Gasteiger partial charge on any atom is 0.420 e. The highest BCUT2D eigenvalue weighted by Gasteiger charge is 2.33. The van der Waals surface area contributed by atoms with Gasteiger partial charge >= 0.3 is 12.2 Å². The van der Waals surface area contributed by atoms with Gasteiger partial charge in [-0.25, -0.2) is 19.6 Å². The number of amides is 2. The number of likely N-dealkylation sites (tertiary alicyclic amines) is 1. The molecule has 45 heavy (non-hydrogen) atoms. The van der Waals surface area contributed by atoms with Crippen molar-refractivity contribution in [1.29, 1.82) is 0 Å². The van der Waals surface area contributed by atoms with E-state index in [-0.39, 0.29) is 23.4 Å². The molecular formula is C34H42N6O4S. The van der Waals surface area contributed by atoms with Crippen LogP contribution < -0.4 is 0 Å². The van der Waals surface area contributed by atoms with E-state index in [9.17, 15) is 9.59 Å². The van der Waals surface area contributed by atoms with E-state index in [2.05, 4.69) is 51.4 Å². The average Bonchev–Trinajstić information content (AvgIpc) is 3.75. The number of carbonyl (C=O) groups excluding carboxylic acids is 2. The van der Waals surface area contributed by atoms with Gasteiger partial charge in [0.05, 0.1) is 28.2 Å². The van der Waals surface area contributed by atoms with Crippen LogP contribution in [-0.4, -0.2) is 72.2 Å². The Balaban J connectivity index is 1.11. The lowest BCUT2D eigenvalue weighted by Gasteiger charge is -2.32. The van der Waals surface area contributed by atoms with E-state index in [0.717, 1.165) is 64.3 Å². The van der Waals surface area contributed by atoms with E-state index in [1.54, 1.807) is 9.21 Å². The van der Waals surface area contributed by atoms with Gasteiger partial charge in [-0.1, -0.05) is 30.3 Å². The Morgan fingerprint density at radius 3 is 2.27 bits per heavy atom. The number of aromatic amines is 2. The van der Waals surface area contributed by atoms with Gasteiger partial charge in [-0.15, -0.1) is 0 Å². The summed E-state index contributed by atoms with van der Waals surface area (Å²) in [5.74, 6) is 1.92. The van der Waals surface area contributed by atoms with Gasteiger partial charge in [-0.2, -0.15) is 0 Å². The number of nitrogens with zero attached hydrogens (tertiary/aromatic N) is 4. The second-order valence-electron chi connectivity index (χ2n) is 13.8. The third-order valence-corrected chi connectivity index (χ3v) is 9.14. The van der Waals surface area contributed by atoms with Gasteiger partial charge in [-0.05, 0) is 102 Å². The summed E-state index contributed by atoms with van der Waals surface area (Å²) in [5.41, 5.74) is 5.04. The molecule has 0 spiro atoms. The van der Waals surface area contributed by atoms with Crippen molar-refractivity contribution in [2.75, 3.05) is 19.6 Å². The van der Waals surface area contributed by atoms with Crippen molar-refractivity contribution in [3.8, 4) is 22.4 Å². The number of H-pyrrole nitrogens is 2. The molecule has 2 aromatic heterocycles. The third-order valence-electron chi connectivity index (χ3n) is 7.84. The molecule has 4 aromatic rings. The zero-order valence-electron chi connectivity index (χ0n) is 26.8. The average molecular weight is 631 g/mol. The molecule has 2 N–H and O–H groups in total. The molecule has 10 nitrogen and oxygen atoms in total. The quantitative estimate of drug-likeness (QED) is 0.219. The van der Waals surface area contributed by atoms with Gasteiger partial charge < -0.3 is 24.3 Å². The zero-order valence-corrected chi connectivity index (χ0v) is 27.7. The minimum Gasteiger partial charge on any atom is -0.444 e. The molecule has 6 rings (SSSR count). The van der Waals surface area contributed by atoms with Gasteiger partial charge in [0.2, 0.25) is 0 Å². The Hall–Kier alpha value is -3.99. The second kappa shape index (κ2) is 12.1. The summed E-state index contributed by atoms with van der Waals surface area (Å²) in [7, 11) is 0. The molecule has 0 radical (unpaired) electrons. The van der Waals surface area contributed by atoms with Crippen LogP contribution in [0, 0.1) is 0 Å². The lowest BCUT2D eigenvalue weighted by atomic mass is 10.0. The molecule has 11 heteroatoms. The van der Waals surface area contributed by atoms with Gasteiger partial charge in [0.15, 0.2) is 0 Å². The van der Waals surface area contributed by atoms with E-state index in [1.165, 1.54) is 11.9 Å². The Bertz CT molecular complexity index is 1680. The minimum absolute atomic E-state index is 0.0648. The van der Waals surface area contributed by atoms with E-state index >= 15 is 0 Å². The highest BCUT2D eigenvalue weighted by atomic mass is 32.2. The van der Waals surface area contributed by atoms with E-state index in [4.69, 9.17) is 14.5 Å². The maximum absolute atomic E-state index is 12.6. The highest BCUT2D eigenvalue weighted by Crippen LogP contribution is 2.40. The molecule has 2 atom stereocenters. The standard InChI is InChI=1S/C34H42N6O4S/c1-33(2,3)43-31(41)39-17-15-24(20-39)29-36-25-14-13-23(18-26(25)37-29)21-9-11-22(12-10-21)27-19-35-30(38-27)28-8-7-16-40(45-28)32(42)44-34(4,5)6/h9-14,18-19,24,28H,7-8,15-17,20H2,1-6H3,(H,35,38)(H,36,37)/t24?,28-/m0/s1. The Labute approximate surface area is 268 Å². The first kappa shape index (κ1) is 31.0. The number of rotatable bonds is 4. The number of carbonyl (C=O) groups is 2. The largest absolute Gasteiger partial charge is 0.444 e. The molecular weight excluding hydrogens is 588 g/mol. The summed E-state index contributed by atoms with van der Waals surface area (Å²) >= 11 is 1.49. The van der Waals surface area contributed by atoms with Crippen LogP contribution in [0.25, 0.3) is 33.4 Å². The fraction of sp³-hybridized carbons (Fsp3) is 0.471. The summed E-state index contributed by atoms with van der Waals surface area (Å²) in [5, 5.41) is 0.0648. The lowest BCUT2D eigenvalue weighted by Crippen LogP contribution is -2.35. The van der Waals surface area contributed by atoms with Crippen LogP contribution in [0.1, 0.15) is 83.6 Å². The molecule has 1 unspecified atom stereocenters. The fourth-order valence-corrected chi connectivity index (χ4v) is 6.84. The summed E-state index contributed by atoms with van der Waals surface area (Å²) in [6, 6.07) is 14.7. The molecule has 2 aromatic carbocycles. The Morgan fingerprint density at radius 2 is 1.53 bits per heavy atom. The minimum atomic E-state index is -0.524. The van der Waals surface area contributed by atoms with Crippen LogP contribution in [0.5, 0.6) is 0 Å². The molecule has 0 aliphatic carbocycles. The van der Waals surface area contributed by atoms with E-state index in [0.29, 0.717) is 19.6 Å². The van der Waals surface area contributed by atoms with Crippen LogP contribution >= 0.6 is 11.9 Å². The normalized spacial score (nSPS) is 19.2. The first-order chi connectivity index (χ1) is 21.3. The molecule has 4 heterocycles.